The largest absolute Gasteiger partial charge is 0.478 e. The molecule has 1 aliphatic heterocycles. The van der Waals surface area contributed by atoms with Gasteiger partial charge in [0.25, 0.3) is 0 Å². The van der Waals surface area contributed by atoms with Crippen molar-refractivity contribution in [1.29, 1.82) is 0 Å². The minimum Gasteiger partial charge on any atom is -0.478 e. The predicted molar refractivity (Wildman–Crippen MR) is 77.9 cm³/mol. The number of halogens is 2. The van der Waals surface area contributed by atoms with Gasteiger partial charge in [-0.1, -0.05) is 0 Å². The third kappa shape index (κ3) is 2.81. The Balaban J connectivity index is 2.34. The number of nitrogens with zero attached hydrogens (tertiary/aromatic N) is 1. The van der Waals surface area contributed by atoms with Crippen molar-refractivity contribution in [1.82, 2.24) is 0 Å². The number of hydrogen-bond donors (Lipinski definition) is 1. The van der Waals surface area contributed by atoms with Gasteiger partial charge in [-0.3, -0.25) is 0 Å². The molecule has 0 spiro atoms. The summed E-state index contributed by atoms with van der Waals surface area (Å²) < 4.78 is 19.9. The first kappa shape index (κ1) is 15.3. The van der Waals surface area contributed by atoms with Crippen LogP contribution in [0.15, 0.2) is 16.6 Å². The van der Waals surface area contributed by atoms with E-state index in [1.807, 2.05) is 11.8 Å². The summed E-state index contributed by atoms with van der Waals surface area (Å²) in [7, 11) is 1.66. The minimum absolute atomic E-state index is 0.00723. The van der Waals surface area contributed by atoms with E-state index in [2.05, 4.69) is 15.9 Å². The molecule has 1 heterocycles. The van der Waals surface area contributed by atoms with Crippen LogP contribution in [0.4, 0.5) is 10.1 Å². The van der Waals surface area contributed by atoms with Crippen LogP contribution in [0, 0.1) is 5.82 Å². The number of carboxylic acids is 1. The average Bonchev–Trinajstić information content (AvgIpc) is 2.41. The second kappa shape index (κ2) is 5.69. The Morgan fingerprint density at radius 3 is 2.85 bits per heavy atom. The molecule has 110 valence electrons. The van der Waals surface area contributed by atoms with Gasteiger partial charge in [-0.25, -0.2) is 9.18 Å². The van der Waals surface area contributed by atoms with Crippen molar-refractivity contribution >= 4 is 27.6 Å². The summed E-state index contributed by atoms with van der Waals surface area (Å²) >= 11 is 3.03. The molecule has 0 bridgehead atoms. The predicted octanol–water partition coefficient (Wildman–Crippen LogP) is 3.29. The van der Waals surface area contributed by atoms with E-state index in [-0.39, 0.29) is 15.6 Å². The van der Waals surface area contributed by atoms with Gasteiger partial charge in [-0.15, -0.1) is 0 Å². The summed E-state index contributed by atoms with van der Waals surface area (Å²) in [5, 5.41) is 8.98. The van der Waals surface area contributed by atoms with E-state index >= 15 is 0 Å². The second-order valence-electron chi connectivity index (χ2n) is 5.24. The molecular weight excluding hydrogens is 329 g/mol. The first-order chi connectivity index (χ1) is 9.38. The molecule has 4 nitrogen and oxygen atoms in total. The van der Waals surface area contributed by atoms with Gasteiger partial charge in [0.1, 0.15) is 0 Å². The number of carbonyl (C=O) groups is 1. The van der Waals surface area contributed by atoms with Gasteiger partial charge >= 0.3 is 5.97 Å². The van der Waals surface area contributed by atoms with Crippen LogP contribution >= 0.6 is 15.9 Å². The molecule has 1 aliphatic rings. The van der Waals surface area contributed by atoms with E-state index < -0.39 is 11.8 Å². The van der Waals surface area contributed by atoms with Crippen molar-refractivity contribution in [2.24, 2.45) is 0 Å². The average molecular weight is 346 g/mol. The fourth-order valence-electron chi connectivity index (χ4n) is 2.53. The Morgan fingerprint density at radius 2 is 2.25 bits per heavy atom. The molecular formula is C14H17BrFNO3. The number of hydrogen-bond acceptors (Lipinski definition) is 3. The van der Waals surface area contributed by atoms with Crippen LogP contribution in [-0.2, 0) is 4.74 Å². The molecule has 0 radical (unpaired) electrons. The zero-order chi connectivity index (χ0) is 14.9. The van der Waals surface area contributed by atoms with Crippen molar-refractivity contribution in [2.75, 3.05) is 25.1 Å². The van der Waals surface area contributed by atoms with Crippen LogP contribution < -0.4 is 4.90 Å². The standard InChI is InChI=1S/C14H17BrFNO3/c1-14(20-2)6-3-7-17(8-14)10-5-4-9(13(18)19)11(15)12(10)16/h4-5H,3,6-8H2,1-2H3,(H,18,19). The third-order valence-electron chi connectivity index (χ3n) is 3.78. The van der Waals surface area contributed by atoms with Crippen molar-refractivity contribution < 1.29 is 19.0 Å². The second-order valence-corrected chi connectivity index (χ2v) is 6.04. The lowest BCUT2D eigenvalue weighted by Gasteiger charge is -2.40. The molecule has 1 aromatic carbocycles. The first-order valence-corrected chi connectivity index (χ1v) is 7.18. The highest BCUT2D eigenvalue weighted by Gasteiger charge is 2.32. The van der Waals surface area contributed by atoms with E-state index in [0.717, 1.165) is 19.4 Å². The number of methoxy groups -OCH3 is 1. The normalized spacial score (nSPS) is 22.9. The van der Waals surface area contributed by atoms with Crippen LogP contribution in [0.5, 0.6) is 0 Å². The number of rotatable bonds is 3. The van der Waals surface area contributed by atoms with Crippen LogP contribution in [0.3, 0.4) is 0 Å². The van der Waals surface area contributed by atoms with E-state index in [9.17, 15) is 9.18 Å². The third-order valence-corrected chi connectivity index (χ3v) is 4.56. The zero-order valence-corrected chi connectivity index (χ0v) is 13.0. The number of aromatic carboxylic acids is 1. The number of anilines is 1. The first-order valence-electron chi connectivity index (χ1n) is 6.39. The lowest BCUT2D eigenvalue weighted by molar-refractivity contribution is -0.00478. The maximum absolute atomic E-state index is 14.4. The SMILES string of the molecule is COC1(C)CCCN(c2ccc(C(=O)O)c(Br)c2F)C1. The number of ether oxygens (including phenoxy) is 1. The number of piperidine rings is 1. The molecule has 1 saturated heterocycles. The number of benzene rings is 1. The van der Waals surface area contributed by atoms with Gasteiger partial charge in [0.05, 0.1) is 21.3 Å². The smallest absolute Gasteiger partial charge is 0.336 e. The fraction of sp³-hybridized carbons (Fsp3) is 0.500. The summed E-state index contributed by atoms with van der Waals surface area (Å²) in [6.07, 6.45) is 1.83. The molecule has 1 unspecified atom stereocenters. The van der Waals surface area contributed by atoms with E-state index in [1.165, 1.54) is 12.1 Å². The Labute approximate surface area is 125 Å². The molecule has 20 heavy (non-hydrogen) atoms. The molecule has 1 atom stereocenters. The lowest BCUT2D eigenvalue weighted by Crippen LogP contribution is -2.47. The van der Waals surface area contributed by atoms with Crippen LogP contribution in [0.25, 0.3) is 0 Å². The molecule has 6 heteroatoms. The highest BCUT2D eigenvalue weighted by atomic mass is 79.9. The van der Waals surface area contributed by atoms with Gasteiger partial charge < -0.3 is 14.7 Å². The number of carboxylic acid groups (broad SMARTS) is 1. The molecule has 0 amide bonds. The summed E-state index contributed by atoms with van der Waals surface area (Å²) in [6, 6.07) is 2.94. The Hall–Kier alpha value is -1.14. The van der Waals surface area contributed by atoms with Crippen LogP contribution in [0.2, 0.25) is 0 Å². The van der Waals surface area contributed by atoms with Crippen LogP contribution in [-0.4, -0.2) is 36.9 Å². The lowest BCUT2D eigenvalue weighted by atomic mass is 9.94. The molecule has 2 rings (SSSR count). The summed E-state index contributed by atoms with van der Waals surface area (Å²) in [6.45, 7) is 3.31. The highest BCUT2D eigenvalue weighted by Crippen LogP contribution is 2.33. The summed E-state index contributed by atoms with van der Waals surface area (Å²) in [5.41, 5.74) is 0.0328. The van der Waals surface area contributed by atoms with Crippen molar-refractivity contribution in [3.63, 3.8) is 0 Å². The maximum Gasteiger partial charge on any atom is 0.336 e. The molecule has 0 aliphatic carbocycles. The van der Waals surface area contributed by atoms with Gasteiger partial charge in [-0.2, -0.15) is 0 Å². The highest BCUT2D eigenvalue weighted by molar-refractivity contribution is 9.10. The van der Waals surface area contributed by atoms with E-state index in [1.54, 1.807) is 7.11 Å². The van der Waals surface area contributed by atoms with Crippen molar-refractivity contribution in [2.45, 2.75) is 25.4 Å². The fourth-order valence-corrected chi connectivity index (χ4v) is 3.03. The van der Waals surface area contributed by atoms with E-state index in [0.29, 0.717) is 12.2 Å². The van der Waals surface area contributed by atoms with Gasteiger partial charge in [0.15, 0.2) is 5.82 Å². The Morgan fingerprint density at radius 1 is 1.55 bits per heavy atom. The molecule has 0 aromatic heterocycles. The molecule has 1 fully saturated rings. The van der Waals surface area contributed by atoms with Gasteiger partial charge in [-0.05, 0) is 47.8 Å². The van der Waals surface area contributed by atoms with E-state index in [4.69, 9.17) is 9.84 Å². The maximum atomic E-state index is 14.4. The molecule has 1 N–H and O–H groups in total. The minimum atomic E-state index is -1.15. The van der Waals surface area contributed by atoms with Crippen molar-refractivity contribution in [3.8, 4) is 0 Å². The van der Waals surface area contributed by atoms with Crippen LogP contribution in [0.1, 0.15) is 30.1 Å². The monoisotopic (exact) mass is 345 g/mol. The summed E-state index contributed by atoms with van der Waals surface area (Å²) in [5.74, 6) is -1.69. The van der Waals surface area contributed by atoms with Gasteiger partial charge in [0.2, 0.25) is 0 Å². The quantitative estimate of drug-likeness (QED) is 0.913. The molecule has 1 aromatic rings. The molecule has 0 saturated carbocycles. The Kier molecular flexibility index (Phi) is 4.34. The summed E-state index contributed by atoms with van der Waals surface area (Å²) in [4.78, 5) is 12.9. The zero-order valence-electron chi connectivity index (χ0n) is 11.4. The van der Waals surface area contributed by atoms with Crippen molar-refractivity contribution in [3.05, 3.63) is 28.0 Å². The Bertz CT molecular complexity index is 537. The van der Waals surface area contributed by atoms with Gasteiger partial charge in [0, 0.05) is 20.2 Å². The topological polar surface area (TPSA) is 49.8 Å².